The van der Waals surface area contributed by atoms with Gasteiger partial charge >= 0.3 is 6.03 Å². The first-order valence-electron chi connectivity index (χ1n) is 9.16. The molecule has 1 saturated carbocycles. The minimum Gasteiger partial charge on any atom is -0.396 e. The van der Waals surface area contributed by atoms with Crippen LogP contribution in [0.4, 0.5) is 4.79 Å². The fourth-order valence-electron chi connectivity index (χ4n) is 3.50. The van der Waals surface area contributed by atoms with Gasteiger partial charge in [-0.05, 0) is 38.7 Å². The van der Waals surface area contributed by atoms with Crippen LogP contribution < -0.4 is 10.6 Å². The van der Waals surface area contributed by atoms with Crippen molar-refractivity contribution in [1.29, 1.82) is 0 Å². The van der Waals surface area contributed by atoms with Gasteiger partial charge in [0.2, 0.25) is 0 Å². The molecule has 0 aromatic carbocycles. The first-order valence-corrected chi connectivity index (χ1v) is 9.16. The Labute approximate surface area is 145 Å². The van der Waals surface area contributed by atoms with E-state index in [-0.39, 0.29) is 24.6 Å². The van der Waals surface area contributed by atoms with Crippen LogP contribution in [0.3, 0.4) is 0 Å². The molecule has 6 heteroatoms. The highest BCUT2D eigenvalue weighted by atomic mass is 16.3. The Kier molecular flexibility index (Phi) is 7.09. The summed E-state index contributed by atoms with van der Waals surface area (Å²) >= 11 is 0. The van der Waals surface area contributed by atoms with E-state index in [0.29, 0.717) is 12.5 Å². The van der Waals surface area contributed by atoms with Crippen LogP contribution in [0, 0.1) is 25.7 Å². The lowest BCUT2D eigenvalue weighted by molar-refractivity contribution is 0.178. The van der Waals surface area contributed by atoms with E-state index < -0.39 is 0 Å². The summed E-state index contributed by atoms with van der Waals surface area (Å²) in [6, 6.07) is 2.03. The summed E-state index contributed by atoms with van der Waals surface area (Å²) in [6.45, 7) is 7.71. The number of hydrogen-bond donors (Lipinski definition) is 3. The number of aryl methyl sites for hydroxylation is 2. The van der Waals surface area contributed by atoms with E-state index in [2.05, 4.69) is 28.7 Å². The van der Waals surface area contributed by atoms with Gasteiger partial charge in [0.25, 0.3) is 0 Å². The molecule has 1 fully saturated rings. The molecule has 2 rings (SSSR count). The highest BCUT2D eigenvalue weighted by Crippen LogP contribution is 2.23. The predicted octanol–water partition coefficient (Wildman–Crippen LogP) is 2.38. The fraction of sp³-hybridized carbons (Fsp3) is 0.778. The summed E-state index contributed by atoms with van der Waals surface area (Å²) in [5.41, 5.74) is 2.17. The highest BCUT2D eigenvalue weighted by Gasteiger charge is 2.24. The topological polar surface area (TPSA) is 79.2 Å². The molecule has 1 aromatic rings. The second-order valence-corrected chi connectivity index (χ2v) is 7.26. The smallest absolute Gasteiger partial charge is 0.315 e. The van der Waals surface area contributed by atoms with Crippen LogP contribution in [0.25, 0.3) is 0 Å². The molecular formula is C18H32N4O2. The number of hydrogen-bond acceptors (Lipinski definition) is 3. The van der Waals surface area contributed by atoms with Crippen LogP contribution in [0.1, 0.15) is 50.4 Å². The normalized spacial score (nSPS) is 22.7. The standard InChI is InChI=1S/C18H32N4O2/c1-13(11-22-15(3)9-14(2)21-22)10-19-18(24)20-17-8-6-4-5-7-16(17)12-23/h9,13,16-17,23H,4-8,10-12H2,1-3H3,(H2,19,20,24). The van der Waals surface area contributed by atoms with Gasteiger partial charge in [-0.15, -0.1) is 0 Å². The highest BCUT2D eigenvalue weighted by molar-refractivity contribution is 5.74. The Morgan fingerprint density at radius 1 is 1.38 bits per heavy atom. The maximum Gasteiger partial charge on any atom is 0.315 e. The summed E-state index contributed by atoms with van der Waals surface area (Å²) < 4.78 is 1.99. The van der Waals surface area contributed by atoms with Crippen molar-refractivity contribution in [2.45, 2.75) is 65.5 Å². The minimum absolute atomic E-state index is 0.0869. The van der Waals surface area contributed by atoms with E-state index in [1.807, 2.05) is 18.5 Å². The van der Waals surface area contributed by atoms with Crippen LogP contribution in [0.5, 0.6) is 0 Å². The third-order valence-corrected chi connectivity index (χ3v) is 4.91. The average Bonchev–Trinajstić information content (AvgIpc) is 2.74. The maximum absolute atomic E-state index is 12.2. The molecule has 0 aliphatic heterocycles. The van der Waals surface area contributed by atoms with Crippen LogP contribution in [0.15, 0.2) is 6.07 Å². The molecule has 6 nitrogen and oxygen atoms in total. The molecule has 3 atom stereocenters. The monoisotopic (exact) mass is 336 g/mol. The molecule has 0 bridgehead atoms. The van der Waals surface area contributed by atoms with Crippen molar-refractivity contribution in [3.8, 4) is 0 Å². The van der Waals surface area contributed by atoms with Gasteiger partial charge in [0.15, 0.2) is 0 Å². The predicted molar refractivity (Wildman–Crippen MR) is 94.8 cm³/mol. The molecule has 0 saturated heterocycles. The molecule has 1 aliphatic carbocycles. The van der Waals surface area contributed by atoms with Crippen molar-refractivity contribution in [3.05, 3.63) is 17.5 Å². The van der Waals surface area contributed by atoms with E-state index in [0.717, 1.165) is 43.6 Å². The lowest BCUT2D eigenvalue weighted by atomic mass is 9.96. The van der Waals surface area contributed by atoms with Crippen LogP contribution >= 0.6 is 0 Å². The summed E-state index contributed by atoms with van der Waals surface area (Å²) in [7, 11) is 0. The van der Waals surface area contributed by atoms with Crippen molar-refractivity contribution >= 4 is 6.03 Å². The first kappa shape index (κ1) is 18.8. The second kappa shape index (κ2) is 9.06. The van der Waals surface area contributed by atoms with Gasteiger partial charge in [0.1, 0.15) is 0 Å². The van der Waals surface area contributed by atoms with Gasteiger partial charge in [0, 0.05) is 37.4 Å². The molecule has 136 valence electrons. The van der Waals surface area contributed by atoms with Gasteiger partial charge in [-0.1, -0.05) is 26.2 Å². The zero-order valence-electron chi connectivity index (χ0n) is 15.2. The average molecular weight is 336 g/mol. The quantitative estimate of drug-likeness (QED) is 0.698. The fourth-order valence-corrected chi connectivity index (χ4v) is 3.50. The van der Waals surface area contributed by atoms with E-state index in [1.165, 1.54) is 6.42 Å². The Bertz CT molecular complexity index is 529. The van der Waals surface area contributed by atoms with E-state index in [4.69, 9.17) is 0 Å². The molecule has 1 aromatic heterocycles. The minimum atomic E-state index is -0.124. The molecule has 1 aliphatic rings. The largest absolute Gasteiger partial charge is 0.396 e. The number of aliphatic hydroxyl groups excluding tert-OH is 1. The van der Waals surface area contributed by atoms with Gasteiger partial charge in [0.05, 0.1) is 5.69 Å². The van der Waals surface area contributed by atoms with Crippen LogP contribution in [-0.4, -0.2) is 40.1 Å². The van der Waals surface area contributed by atoms with Gasteiger partial charge in [-0.25, -0.2) is 4.79 Å². The van der Waals surface area contributed by atoms with Crippen molar-refractivity contribution in [3.63, 3.8) is 0 Å². The third kappa shape index (κ3) is 5.51. The van der Waals surface area contributed by atoms with Gasteiger partial charge in [-0.2, -0.15) is 5.10 Å². The molecule has 0 spiro atoms. The van der Waals surface area contributed by atoms with Crippen molar-refractivity contribution in [2.24, 2.45) is 11.8 Å². The number of nitrogens with zero attached hydrogens (tertiary/aromatic N) is 2. The first-order chi connectivity index (χ1) is 11.5. The Balaban J connectivity index is 1.76. The van der Waals surface area contributed by atoms with Crippen molar-refractivity contribution in [2.75, 3.05) is 13.2 Å². The van der Waals surface area contributed by atoms with Gasteiger partial charge in [-0.3, -0.25) is 4.68 Å². The molecule has 0 radical (unpaired) electrons. The number of amides is 2. The molecular weight excluding hydrogens is 304 g/mol. The zero-order valence-corrected chi connectivity index (χ0v) is 15.2. The van der Waals surface area contributed by atoms with E-state index in [9.17, 15) is 9.90 Å². The zero-order chi connectivity index (χ0) is 17.5. The molecule has 24 heavy (non-hydrogen) atoms. The second-order valence-electron chi connectivity index (χ2n) is 7.26. The molecule has 1 heterocycles. The maximum atomic E-state index is 12.2. The molecule has 2 amide bonds. The summed E-state index contributed by atoms with van der Waals surface area (Å²) in [5.74, 6) is 0.488. The lowest BCUT2D eigenvalue weighted by Gasteiger charge is -2.25. The number of carbonyl (C=O) groups is 1. The number of urea groups is 1. The van der Waals surface area contributed by atoms with Crippen molar-refractivity contribution in [1.82, 2.24) is 20.4 Å². The number of rotatable bonds is 6. The molecule has 3 unspecified atom stereocenters. The molecule has 3 N–H and O–H groups in total. The number of carbonyl (C=O) groups excluding carboxylic acids is 1. The van der Waals surface area contributed by atoms with Crippen molar-refractivity contribution < 1.29 is 9.90 Å². The lowest BCUT2D eigenvalue weighted by Crippen LogP contribution is -2.47. The van der Waals surface area contributed by atoms with Gasteiger partial charge < -0.3 is 15.7 Å². The Morgan fingerprint density at radius 3 is 2.79 bits per heavy atom. The van der Waals surface area contributed by atoms with Crippen LogP contribution in [0.2, 0.25) is 0 Å². The van der Waals surface area contributed by atoms with E-state index >= 15 is 0 Å². The Hall–Kier alpha value is -1.56. The Morgan fingerprint density at radius 2 is 2.12 bits per heavy atom. The summed E-state index contributed by atoms with van der Waals surface area (Å²) in [6.07, 6.45) is 5.41. The number of aliphatic hydroxyl groups is 1. The number of aromatic nitrogens is 2. The van der Waals surface area contributed by atoms with Crippen LogP contribution in [-0.2, 0) is 6.54 Å². The SMILES string of the molecule is Cc1cc(C)n(CC(C)CNC(=O)NC2CCCCCC2CO)n1. The summed E-state index contributed by atoms with van der Waals surface area (Å²) in [5, 5.41) is 20.0. The third-order valence-electron chi connectivity index (χ3n) is 4.91. The summed E-state index contributed by atoms with van der Waals surface area (Å²) in [4.78, 5) is 12.2. The number of nitrogens with one attached hydrogen (secondary N) is 2. The van der Waals surface area contributed by atoms with E-state index in [1.54, 1.807) is 0 Å².